The molecule has 0 atom stereocenters. The molecule has 0 radical (unpaired) electrons. The standard InChI is InChI=1S/C20H18FNO3/c1-12-5-2-8-15-16(19(20(22)24)25-18(12)15)9-4-10-17(23)13-6-3-7-14(21)11-13/h2-3,5-8,11H,4,9-10H2,1H3,(H2,22,24). The van der Waals surface area contributed by atoms with Crippen LogP contribution in [-0.4, -0.2) is 11.7 Å². The van der Waals surface area contributed by atoms with Gasteiger partial charge in [-0.05, 0) is 37.5 Å². The smallest absolute Gasteiger partial charge is 0.284 e. The van der Waals surface area contributed by atoms with Gasteiger partial charge in [-0.2, -0.15) is 0 Å². The second-order valence-corrected chi connectivity index (χ2v) is 6.01. The van der Waals surface area contributed by atoms with Crippen LogP contribution in [0, 0.1) is 12.7 Å². The summed E-state index contributed by atoms with van der Waals surface area (Å²) in [6.45, 7) is 1.90. The number of amides is 1. The number of aryl methyl sites for hydroxylation is 2. The minimum atomic E-state index is -0.623. The number of benzene rings is 2. The molecule has 128 valence electrons. The molecule has 0 fully saturated rings. The molecule has 0 spiro atoms. The van der Waals surface area contributed by atoms with Crippen LogP contribution in [0.5, 0.6) is 0 Å². The normalized spacial score (nSPS) is 11.0. The first kappa shape index (κ1) is 16.9. The minimum Gasteiger partial charge on any atom is -0.450 e. The average molecular weight is 339 g/mol. The van der Waals surface area contributed by atoms with Crippen molar-refractivity contribution in [3.8, 4) is 0 Å². The number of ketones is 1. The highest BCUT2D eigenvalue weighted by Gasteiger charge is 2.19. The Balaban J connectivity index is 1.79. The van der Waals surface area contributed by atoms with E-state index in [2.05, 4.69) is 0 Å². The fraction of sp³-hybridized carbons (Fsp3) is 0.200. The first-order valence-electron chi connectivity index (χ1n) is 8.07. The molecular weight excluding hydrogens is 321 g/mol. The van der Waals surface area contributed by atoms with Crippen LogP contribution in [0.4, 0.5) is 4.39 Å². The van der Waals surface area contributed by atoms with E-state index in [4.69, 9.17) is 10.2 Å². The van der Waals surface area contributed by atoms with Gasteiger partial charge in [-0.3, -0.25) is 9.59 Å². The summed E-state index contributed by atoms with van der Waals surface area (Å²) < 4.78 is 18.9. The summed E-state index contributed by atoms with van der Waals surface area (Å²) in [5.74, 6) is -1.05. The molecule has 0 bridgehead atoms. The van der Waals surface area contributed by atoms with E-state index in [1.807, 2.05) is 25.1 Å². The van der Waals surface area contributed by atoms with E-state index in [1.165, 1.54) is 18.2 Å². The molecule has 3 rings (SSSR count). The Morgan fingerprint density at radius 2 is 1.92 bits per heavy atom. The van der Waals surface area contributed by atoms with Crippen LogP contribution in [0.1, 0.15) is 44.9 Å². The second-order valence-electron chi connectivity index (χ2n) is 6.01. The fourth-order valence-electron chi connectivity index (χ4n) is 2.99. The zero-order valence-electron chi connectivity index (χ0n) is 13.8. The summed E-state index contributed by atoms with van der Waals surface area (Å²) in [6.07, 6.45) is 1.24. The molecule has 0 unspecified atom stereocenters. The Kier molecular flexibility index (Phi) is 4.65. The van der Waals surface area contributed by atoms with Crippen LogP contribution in [0.2, 0.25) is 0 Å². The van der Waals surface area contributed by atoms with Crippen LogP contribution >= 0.6 is 0 Å². The fourth-order valence-corrected chi connectivity index (χ4v) is 2.99. The molecule has 5 heteroatoms. The summed E-state index contributed by atoms with van der Waals surface area (Å²) in [5.41, 5.74) is 8.06. The van der Waals surface area contributed by atoms with E-state index in [0.29, 0.717) is 24.0 Å². The maximum absolute atomic E-state index is 13.2. The van der Waals surface area contributed by atoms with E-state index in [0.717, 1.165) is 16.5 Å². The Hall–Kier alpha value is -2.95. The van der Waals surface area contributed by atoms with Crippen molar-refractivity contribution in [1.82, 2.24) is 0 Å². The Morgan fingerprint density at radius 1 is 1.16 bits per heavy atom. The van der Waals surface area contributed by atoms with Crippen molar-refractivity contribution in [3.05, 3.63) is 70.7 Å². The summed E-state index contributed by atoms with van der Waals surface area (Å²) in [4.78, 5) is 23.9. The number of fused-ring (bicyclic) bond motifs is 1. The van der Waals surface area contributed by atoms with E-state index in [1.54, 1.807) is 6.07 Å². The van der Waals surface area contributed by atoms with E-state index < -0.39 is 11.7 Å². The van der Waals surface area contributed by atoms with Gasteiger partial charge in [-0.25, -0.2) is 4.39 Å². The molecular formula is C20H18FNO3. The van der Waals surface area contributed by atoms with Crippen molar-refractivity contribution in [2.24, 2.45) is 5.73 Å². The highest BCUT2D eigenvalue weighted by molar-refractivity contribution is 5.99. The lowest BCUT2D eigenvalue weighted by Gasteiger charge is -2.03. The highest BCUT2D eigenvalue weighted by Crippen LogP contribution is 2.29. The number of halogens is 1. The lowest BCUT2D eigenvalue weighted by molar-refractivity contribution is 0.0972. The topological polar surface area (TPSA) is 73.3 Å². The molecule has 0 aliphatic heterocycles. The molecule has 3 aromatic rings. The number of primary amides is 1. The predicted octanol–water partition coefficient (Wildman–Crippen LogP) is 4.18. The average Bonchev–Trinajstić information content (AvgIpc) is 2.95. The first-order chi connectivity index (χ1) is 12.0. The number of Topliss-reactive ketones (excluding diaryl/α,β-unsaturated/α-hetero) is 1. The Labute approximate surface area is 144 Å². The van der Waals surface area contributed by atoms with Gasteiger partial charge in [-0.1, -0.05) is 30.3 Å². The second kappa shape index (κ2) is 6.89. The third kappa shape index (κ3) is 3.45. The molecule has 1 aromatic heterocycles. The Bertz CT molecular complexity index is 959. The van der Waals surface area contributed by atoms with Crippen molar-refractivity contribution >= 4 is 22.7 Å². The van der Waals surface area contributed by atoms with Gasteiger partial charge in [-0.15, -0.1) is 0 Å². The van der Waals surface area contributed by atoms with Crippen LogP contribution in [0.15, 0.2) is 46.9 Å². The van der Waals surface area contributed by atoms with Crippen molar-refractivity contribution < 1.29 is 18.4 Å². The molecule has 2 N–H and O–H groups in total. The molecule has 2 aromatic carbocycles. The molecule has 0 saturated carbocycles. The van der Waals surface area contributed by atoms with Crippen molar-refractivity contribution in [3.63, 3.8) is 0 Å². The van der Waals surface area contributed by atoms with E-state index >= 15 is 0 Å². The van der Waals surface area contributed by atoms with Gasteiger partial charge in [0.15, 0.2) is 11.5 Å². The molecule has 1 heterocycles. The number of hydrogen-bond acceptors (Lipinski definition) is 3. The molecule has 0 saturated heterocycles. The summed E-state index contributed by atoms with van der Waals surface area (Å²) in [5, 5.41) is 0.840. The number of para-hydroxylation sites is 1. The van der Waals surface area contributed by atoms with E-state index in [-0.39, 0.29) is 18.0 Å². The molecule has 4 nitrogen and oxygen atoms in total. The summed E-state index contributed by atoms with van der Waals surface area (Å²) in [7, 11) is 0. The SMILES string of the molecule is Cc1cccc2c(CCCC(=O)c3cccc(F)c3)c(C(N)=O)oc12. The first-order valence-corrected chi connectivity index (χ1v) is 8.07. The van der Waals surface area contributed by atoms with Crippen LogP contribution in [0.3, 0.4) is 0 Å². The van der Waals surface area contributed by atoms with Gasteiger partial charge in [0.2, 0.25) is 0 Å². The lowest BCUT2D eigenvalue weighted by atomic mass is 10.00. The Morgan fingerprint density at radius 3 is 2.64 bits per heavy atom. The van der Waals surface area contributed by atoms with Gasteiger partial charge in [0.1, 0.15) is 11.4 Å². The molecule has 25 heavy (non-hydrogen) atoms. The quantitative estimate of drug-likeness (QED) is 0.685. The van der Waals surface area contributed by atoms with Crippen molar-refractivity contribution in [2.75, 3.05) is 0 Å². The largest absolute Gasteiger partial charge is 0.450 e. The summed E-state index contributed by atoms with van der Waals surface area (Å²) >= 11 is 0. The van der Waals surface area contributed by atoms with Crippen molar-refractivity contribution in [2.45, 2.75) is 26.2 Å². The van der Waals surface area contributed by atoms with Gasteiger partial charge >= 0.3 is 0 Å². The lowest BCUT2D eigenvalue weighted by Crippen LogP contribution is -2.12. The highest BCUT2D eigenvalue weighted by atomic mass is 19.1. The zero-order valence-corrected chi connectivity index (χ0v) is 13.8. The van der Waals surface area contributed by atoms with Crippen LogP contribution < -0.4 is 5.73 Å². The van der Waals surface area contributed by atoms with Gasteiger partial charge in [0.25, 0.3) is 5.91 Å². The third-order valence-corrected chi connectivity index (χ3v) is 4.22. The van der Waals surface area contributed by atoms with Gasteiger partial charge < -0.3 is 10.2 Å². The number of nitrogens with two attached hydrogens (primary N) is 1. The number of rotatable bonds is 6. The zero-order chi connectivity index (χ0) is 18.0. The maximum Gasteiger partial charge on any atom is 0.284 e. The molecule has 0 aliphatic carbocycles. The van der Waals surface area contributed by atoms with Gasteiger partial charge in [0.05, 0.1) is 0 Å². The van der Waals surface area contributed by atoms with Crippen LogP contribution in [0.25, 0.3) is 11.0 Å². The number of hydrogen-bond donors (Lipinski definition) is 1. The number of carbonyl (C=O) groups excluding carboxylic acids is 2. The number of furan rings is 1. The van der Waals surface area contributed by atoms with Crippen LogP contribution in [-0.2, 0) is 6.42 Å². The number of carbonyl (C=O) groups is 2. The summed E-state index contributed by atoms with van der Waals surface area (Å²) in [6, 6.07) is 11.3. The molecule has 0 aliphatic rings. The van der Waals surface area contributed by atoms with E-state index in [9.17, 15) is 14.0 Å². The van der Waals surface area contributed by atoms with Crippen molar-refractivity contribution in [1.29, 1.82) is 0 Å². The predicted molar refractivity (Wildman–Crippen MR) is 93.1 cm³/mol. The third-order valence-electron chi connectivity index (χ3n) is 4.22. The molecule has 1 amide bonds. The van der Waals surface area contributed by atoms with Gasteiger partial charge in [0, 0.05) is 22.9 Å². The monoisotopic (exact) mass is 339 g/mol. The maximum atomic E-state index is 13.2. The minimum absolute atomic E-state index is 0.135.